The Morgan fingerprint density at radius 2 is 1.44 bits per heavy atom. The van der Waals surface area contributed by atoms with Crippen LogP contribution in [0, 0.1) is 12.7 Å². The van der Waals surface area contributed by atoms with Crippen LogP contribution in [0.25, 0.3) is 11.1 Å². The van der Waals surface area contributed by atoms with Crippen molar-refractivity contribution in [2.24, 2.45) is 0 Å². The van der Waals surface area contributed by atoms with Gasteiger partial charge in [-0.2, -0.15) is 0 Å². The molecular weight excluding hydrogens is 447 g/mol. The summed E-state index contributed by atoms with van der Waals surface area (Å²) < 4.78 is 39.7. The van der Waals surface area contributed by atoms with Crippen LogP contribution in [0.4, 0.5) is 4.39 Å². The molecule has 0 heterocycles. The van der Waals surface area contributed by atoms with Gasteiger partial charge in [0.2, 0.25) is 0 Å². The van der Waals surface area contributed by atoms with Gasteiger partial charge in [-0.1, -0.05) is 72.8 Å². The second kappa shape index (κ2) is 10.1. The summed E-state index contributed by atoms with van der Waals surface area (Å²) in [7, 11) is -3.63. The minimum Gasteiger partial charge on any atom is -0.299 e. The molecule has 0 aliphatic heterocycles. The van der Waals surface area contributed by atoms with Crippen LogP contribution < -0.4 is 0 Å². The lowest BCUT2D eigenvalue weighted by Gasteiger charge is -2.11. The van der Waals surface area contributed by atoms with Gasteiger partial charge in [-0.15, -0.1) is 0 Å². The molecule has 0 aliphatic rings. The van der Waals surface area contributed by atoms with E-state index in [0.717, 1.165) is 22.3 Å². The van der Waals surface area contributed by atoms with Crippen LogP contribution in [0.1, 0.15) is 22.3 Å². The molecule has 4 aromatic carbocycles. The molecular formula is C29H25FO3S. The number of ketones is 1. The molecule has 4 aromatic rings. The normalized spacial score (nSPS) is 11.4. The van der Waals surface area contributed by atoms with Crippen molar-refractivity contribution in [2.45, 2.75) is 30.4 Å². The fourth-order valence-electron chi connectivity index (χ4n) is 3.90. The zero-order valence-electron chi connectivity index (χ0n) is 18.9. The number of rotatable bonds is 8. The lowest BCUT2D eigenvalue weighted by atomic mass is 9.99. The number of benzene rings is 4. The first-order chi connectivity index (χ1) is 16.3. The van der Waals surface area contributed by atoms with Crippen molar-refractivity contribution in [1.82, 2.24) is 0 Å². The molecule has 0 atom stereocenters. The lowest BCUT2D eigenvalue weighted by molar-refractivity contribution is -0.117. The molecule has 0 N–H and O–H groups in total. The van der Waals surface area contributed by atoms with E-state index in [1.807, 2.05) is 55.5 Å². The van der Waals surface area contributed by atoms with Gasteiger partial charge in [0.05, 0.1) is 10.6 Å². The zero-order chi connectivity index (χ0) is 24.1. The highest BCUT2D eigenvalue weighted by Crippen LogP contribution is 2.26. The van der Waals surface area contributed by atoms with E-state index >= 15 is 0 Å². The van der Waals surface area contributed by atoms with E-state index in [1.165, 1.54) is 12.1 Å². The smallest absolute Gasteiger partial charge is 0.182 e. The van der Waals surface area contributed by atoms with E-state index < -0.39 is 9.84 Å². The number of sulfone groups is 1. The largest absolute Gasteiger partial charge is 0.299 e. The fourth-order valence-corrected chi connectivity index (χ4v) is 5.38. The van der Waals surface area contributed by atoms with E-state index in [4.69, 9.17) is 0 Å². The molecule has 0 amide bonds. The van der Waals surface area contributed by atoms with Crippen molar-refractivity contribution in [2.75, 3.05) is 0 Å². The Bertz CT molecular complexity index is 1410. The molecule has 0 fully saturated rings. The fraction of sp³-hybridized carbons (Fsp3) is 0.138. The molecule has 0 spiro atoms. The van der Waals surface area contributed by atoms with E-state index in [1.54, 1.807) is 36.4 Å². The second-order valence-electron chi connectivity index (χ2n) is 8.43. The van der Waals surface area contributed by atoms with Gasteiger partial charge in [0.1, 0.15) is 11.6 Å². The molecule has 0 radical (unpaired) electrons. The minimum atomic E-state index is -3.63. The summed E-state index contributed by atoms with van der Waals surface area (Å²) in [6.45, 7) is 1.87. The summed E-state index contributed by atoms with van der Waals surface area (Å²) in [4.78, 5) is 12.7. The first kappa shape index (κ1) is 23.6. The molecule has 34 heavy (non-hydrogen) atoms. The van der Waals surface area contributed by atoms with E-state index in [2.05, 4.69) is 0 Å². The molecule has 0 saturated heterocycles. The highest BCUT2D eigenvalue weighted by molar-refractivity contribution is 7.90. The van der Waals surface area contributed by atoms with Gasteiger partial charge in [0.15, 0.2) is 9.84 Å². The van der Waals surface area contributed by atoms with Gasteiger partial charge in [-0.25, -0.2) is 12.8 Å². The van der Waals surface area contributed by atoms with Crippen molar-refractivity contribution in [3.8, 4) is 11.1 Å². The number of hydrogen-bond donors (Lipinski definition) is 0. The zero-order valence-corrected chi connectivity index (χ0v) is 19.7. The topological polar surface area (TPSA) is 51.2 Å². The van der Waals surface area contributed by atoms with Gasteiger partial charge in [-0.3, -0.25) is 4.79 Å². The average molecular weight is 473 g/mol. The number of aryl methyl sites for hydroxylation is 1. The molecule has 4 rings (SSSR count). The Morgan fingerprint density at radius 3 is 2.18 bits per heavy atom. The van der Waals surface area contributed by atoms with Crippen LogP contribution in [-0.4, -0.2) is 14.2 Å². The number of halogens is 1. The number of hydrogen-bond acceptors (Lipinski definition) is 3. The van der Waals surface area contributed by atoms with E-state index in [-0.39, 0.29) is 28.7 Å². The van der Waals surface area contributed by atoms with Crippen LogP contribution in [0.3, 0.4) is 0 Å². The van der Waals surface area contributed by atoms with Gasteiger partial charge in [-0.05, 0) is 64.6 Å². The average Bonchev–Trinajstić information content (AvgIpc) is 2.82. The van der Waals surface area contributed by atoms with Crippen molar-refractivity contribution in [3.05, 3.63) is 125 Å². The summed E-state index contributed by atoms with van der Waals surface area (Å²) in [6.07, 6.45) is 0.598. The summed E-state index contributed by atoms with van der Waals surface area (Å²) >= 11 is 0. The molecule has 0 aliphatic carbocycles. The Hall–Kier alpha value is -3.57. The van der Waals surface area contributed by atoms with Crippen molar-refractivity contribution in [1.29, 1.82) is 0 Å². The molecule has 0 bridgehead atoms. The first-order valence-corrected chi connectivity index (χ1v) is 12.7. The van der Waals surface area contributed by atoms with Crippen LogP contribution in [0.15, 0.2) is 102 Å². The highest BCUT2D eigenvalue weighted by Gasteiger charge is 2.18. The predicted molar refractivity (Wildman–Crippen MR) is 133 cm³/mol. The molecule has 172 valence electrons. The third-order valence-corrected chi connectivity index (χ3v) is 7.44. The van der Waals surface area contributed by atoms with Gasteiger partial charge in [0.25, 0.3) is 0 Å². The van der Waals surface area contributed by atoms with Gasteiger partial charge < -0.3 is 0 Å². The van der Waals surface area contributed by atoms with Crippen molar-refractivity contribution in [3.63, 3.8) is 0 Å². The molecule has 5 heteroatoms. The summed E-state index contributed by atoms with van der Waals surface area (Å²) in [5.74, 6) is -0.423. The Labute approximate surface area is 199 Å². The summed E-state index contributed by atoms with van der Waals surface area (Å²) in [5, 5.41) is 0. The van der Waals surface area contributed by atoms with Crippen LogP contribution in [0.5, 0.6) is 0 Å². The van der Waals surface area contributed by atoms with Crippen LogP contribution >= 0.6 is 0 Å². The van der Waals surface area contributed by atoms with Crippen molar-refractivity contribution >= 4 is 15.6 Å². The molecule has 0 aromatic heterocycles. The lowest BCUT2D eigenvalue weighted by Crippen LogP contribution is -2.09. The standard InChI is InChI=1S/C29H25FO3S/c1-21-10-11-23(18-28(31)17-22-6-3-2-4-7-22)16-26(21)20-34(32,33)29-9-5-8-25(19-29)24-12-14-27(30)15-13-24/h2-16,19H,17-18,20H2,1H3. The number of carbonyl (C=O) groups is 1. The summed E-state index contributed by atoms with van der Waals surface area (Å²) in [5.41, 5.74) is 4.75. The van der Waals surface area contributed by atoms with Gasteiger partial charge in [0, 0.05) is 12.8 Å². The molecule has 0 unspecified atom stereocenters. The first-order valence-electron chi connectivity index (χ1n) is 11.0. The Kier molecular flexibility index (Phi) is 7.03. The van der Waals surface area contributed by atoms with E-state index in [9.17, 15) is 17.6 Å². The SMILES string of the molecule is Cc1ccc(CC(=O)Cc2ccccc2)cc1CS(=O)(=O)c1cccc(-c2ccc(F)cc2)c1. The second-order valence-corrected chi connectivity index (χ2v) is 10.4. The maximum absolute atomic E-state index is 13.3. The van der Waals surface area contributed by atoms with Gasteiger partial charge >= 0.3 is 0 Å². The Balaban J connectivity index is 1.53. The third kappa shape index (κ3) is 5.86. The number of carbonyl (C=O) groups excluding carboxylic acids is 1. The predicted octanol–water partition coefficient (Wildman–Crippen LogP) is 6.13. The van der Waals surface area contributed by atoms with E-state index in [0.29, 0.717) is 17.5 Å². The van der Waals surface area contributed by atoms with Crippen molar-refractivity contribution < 1.29 is 17.6 Å². The molecule has 0 saturated carbocycles. The minimum absolute atomic E-state index is 0.0795. The third-order valence-electron chi connectivity index (χ3n) is 5.78. The quantitative estimate of drug-likeness (QED) is 0.310. The monoisotopic (exact) mass is 472 g/mol. The highest BCUT2D eigenvalue weighted by atomic mass is 32.2. The Morgan fingerprint density at radius 1 is 0.735 bits per heavy atom. The summed E-state index contributed by atoms with van der Waals surface area (Å²) in [6, 6.07) is 27.8. The maximum atomic E-state index is 13.3. The number of Topliss-reactive ketones (excluding diaryl/α,β-unsaturated/α-hetero) is 1. The van der Waals surface area contributed by atoms with Crippen LogP contribution in [0.2, 0.25) is 0 Å². The maximum Gasteiger partial charge on any atom is 0.182 e. The van der Waals surface area contributed by atoms with Crippen LogP contribution in [-0.2, 0) is 33.2 Å². The molecule has 3 nitrogen and oxygen atoms in total.